The summed E-state index contributed by atoms with van der Waals surface area (Å²) < 4.78 is 20.7. The van der Waals surface area contributed by atoms with Crippen LogP contribution in [0.4, 0.5) is 0 Å². The van der Waals surface area contributed by atoms with Gasteiger partial charge in [0.2, 0.25) is 0 Å². The van der Waals surface area contributed by atoms with Crippen LogP contribution in [0.15, 0.2) is 12.2 Å². The highest BCUT2D eigenvalue weighted by Crippen LogP contribution is 2.59. The molecule has 0 aromatic carbocycles. The Morgan fingerprint density at radius 3 is 2.38 bits per heavy atom. The van der Waals surface area contributed by atoms with E-state index in [1.807, 2.05) is 6.08 Å². The van der Waals surface area contributed by atoms with Crippen LogP contribution in [0.5, 0.6) is 0 Å². The second kappa shape index (κ2) is 8.19. The predicted molar refractivity (Wildman–Crippen MR) is 104 cm³/mol. The molecule has 0 heterocycles. The third kappa shape index (κ3) is 3.42. The number of fused-ring (bicyclic) bond motifs is 3. The number of Topliss-reactive ketones (excluding diaryl/α,β-unsaturated/α-hetero) is 1. The number of ketones is 1. The van der Waals surface area contributed by atoms with Crippen molar-refractivity contribution >= 4 is 17.7 Å². The van der Waals surface area contributed by atoms with Crippen molar-refractivity contribution in [2.75, 3.05) is 28.1 Å². The van der Waals surface area contributed by atoms with Crippen molar-refractivity contribution in [1.82, 2.24) is 0 Å². The van der Waals surface area contributed by atoms with E-state index in [1.54, 1.807) is 7.11 Å². The van der Waals surface area contributed by atoms with Crippen LogP contribution in [-0.2, 0) is 33.3 Å². The van der Waals surface area contributed by atoms with Gasteiger partial charge in [-0.25, -0.2) is 0 Å². The Labute approximate surface area is 172 Å². The summed E-state index contributed by atoms with van der Waals surface area (Å²) in [5, 5.41) is 0. The molecule has 1 unspecified atom stereocenters. The number of ether oxygens (including phenoxy) is 4. The molecule has 6 atom stereocenters. The fourth-order valence-electron chi connectivity index (χ4n) is 6.19. The Kier molecular flexibility index (Phi) is 6.20. The maximum absolute atomic E-state index is 13.4. The molecule has 2 fully saturated rings. The van der Waals surface area contributed by atoms with Gasteiger partial charge in [-0.05, 0) is 42.4 Å². The molecule has 2 saturated carbocycles. The molecule has 3 aliphatic carbocycles. The molecule has 3 rings (SSSR count). The quantitative estimate of drug-likeness (QED) is 0.299. The van der Waals surface area contributed by atoms with Crippen molar-refractivity contribution in [3.05, 3.63) is 12.2 Å². The number of carbonyl (C=O) groups is 3. The summed E-state index contributed by atoms with van der Waals surface area (Å²) >= 11 is 0. The van der Waals surface area contributed by atoms with Gasteiger partial charge in [0.15, 0.2) is 5.41 Å². The topological polar surface area (TPSA) is 88.1 Å². The summed E-state index contributed by atoms with van der Waals surface area (Å²) in [7, 11) is 4.08. The zero-order valence-electron chi connectivity index (χ0n) is 17.9. The van der Waals surface area contributed by atoms with E-state index < -0.39 is 17.4 Å². The van der Waals surface area contributed by atoms with E-state index in [-0.39, 0.29) is 60.6 Å². The van der Waals surface area contributed by atoms with Gasteiger partial charge in [-0.2, -0.15) is 0 Å². The normalized spacial score (nSPS) is 38.0. The average Bonchev–Trinajstić information content (AvgIpc) is 2.71. The SMILES string of the molecule is COCO[C@@H]1CC[C@@]2(C)[C@@H]3C(=O)CC(C(=O)OC)(C(=O)OC)CC3C=C[C@@H]2[C@H]1C. The minimum Gasteiger partial charge on any atom is -0.468 e. The Morgan fingerprint density at radius 1 is 1.14 bits per heavy atom. The van der Waals surface area contributed by atoms with E-state index in [1.165, 1.54) is 14.2 Å². The van der Waals surface area contributed by atoms with Gasteiger partial charge in [0.25, 0.3) is 0 Å². The van der Waals surface area contributed by atoms with Crippen LogP contribution >= 0.6 is 0 Å². The number of allylic oxidation sites excluding steroid dienone is 2. The maximum atomic E-state index is 13.4. The number of esters is 2. The molecule has 0 aromatic rings. The van der Waals surface area contributed by atoms with Crippen LogP contribution < -0.4 is 0 Å². The minimum absolute atomic E-state index is 0.0580. The third-order valence-electron chi connectivity index (χ3n) is 7.55. The van der Waals surface area contributed by atoms with Crippen molar-refractivity contribution in [3.63, 3.8) is 0 Å². The van der Waals surface area contributed by atoms with Crippen LogP contribution in [0, 0.1) is 34.5 Å². The minimum atomic E-state index is -1.56. The lowest BCUT2D eigenvalue weighted by Gasteiger charge is -2.56. The molecule has 0 spiro atoms. The molecule has 0 aromatic heterocycles. The molecular formula is C22H32O7. The van der Waals surface area contributed by atoms with Crippen LogP contribution in [0.25, 0.3) is 0 Å². The van der Waals surface area contributed by atoms with Crippen molar-refractivity contribution in [2.45, 2.75) is 45.6 Å². The second-order valence-corrected chi connectivity index (χ2v) is 8.98. The van der Waals surface area contributed by atoms with Gasteiger partial charge in [0.1, 0.15) is 12.6 Å². The van der Waals surface area contributed by atoms with E-state index in [9.17, 15) is 14.4 Å². The first-order chi connectivity index (χ1) is 13.7. The van der Waals surface area contributed by atoms with Crippen LogP contribution in [-0.4, -0.2) is 51.9 Å². The zero-order chi connectivity index (χ0) is 21.4. The lowest BCUT2D eigenvalue weighted by Crippen LogP contribution is -2.58. The highest BCUT2D eigenvalue weighted by atomic mass is 16.7. The van der Waals surface area contributed by atoms with Gasteiger partial charge < -0.3 is 18.9 Å². The molecule has 162 valence electrons. The highest BCUT2D eigenvalue weighted by Gasteiger charge is 2.62. The second-order valence-electron chi connectivity index (χ2n) is 8.98. The van der Waals surface area contributed by atoms with Gasteiger partial charge in [-0.1, -0.05) is 26.0 Å². The monoisotopic (exact) mass is 408 g/mol. The van der Waals surface area contributed by atoms with Crippen LogP contribution in [0.1, 0.15) is 39.5 Å². The smallest absolute Gasteiger partial charge is 0.323 e. The summed E-state index contributed by atoms with van der Waals surface area (Å²) in [5.41, 5.74) is -1.79. The highest BCUT2D eigenvalue weighted by molar-refractivity contribution is 6.05. The molecule has 0 aliphatic heterocycles. The first-order valence-corrected chi connectivity index (χ1v) is 10.2. The fourth-order valence-corrected chi connectivity index (χ4v) is 6.19. The van der Waals surface area contributed by atoms with E-state index in [0.717, 1.165) is 12.8 Å². The summed E-state index contributed by atoms with van der Waals surface area (Å²) in [6, 6.07) is 0. The molecule has 7 heteroatoms. The van der Waals surface area contributed by atoms with Gasteiger partial charge in [0.05, 0.1) is 20.3 Å². The average molecular weight is 408 g/mol. The van der Waals surface area contributed by atoms with Crippen molar-refractivity contribution in [3.8, 4) is 0 Å². The summed E-state index contributed by atoms with van der Waals surface area (Å²) in [5.74, 6) is -1.44. The Hall–Kier alpha value is -1.73. The molecule has 0 N–H and O–H groups in total. The van der Waals surface area contributed by atoms with E-state index in [2.05, 4.69) is 19.9 Å². The van der Waals surface area contributed by atoms with Crippen LogP contribution in [0.2, 0.25) is 0 Å². The largest absolute Gasteiger partial charge is 0.468 e. The van der Waals surface area contributed by atoms with Gasteiger partial charge in [0, 0.05) is 19.4 Å². The summed E-state index contributed by atoms with van der Waals surface area (Å²) in [6.07, 6.45) is 6.02. The third-order valence-corrected chi connectivity index (χ3v) is 7.55. The lowest BCUT2D eigenvalue weighted by atomic mass is 9.47. The Balaban J connectivity index is 1.93. The number of methoxy groups -OCH3 is 3. The molecule has 29 heavy (non-hydrogen) atoms. The maximum Gasteiger partial charge on any atom is 0.323 e. The number of rotatable bonds is 5. The molecular weight excluding hydrogens is 376 g/mol. The zero-order valence-corrected chi connectivity index (χ0v) is 17.9. The van der Waals surface area contributed by atoms with E-state index >= 15 is 0 Å². The fraction of sp³-hybridized carbons (Fsp3) is 0.773. The van der Waals surface area contributed by atoms with E-state index in [4.69, 9.17) is 18.9 Å². The number of hydrogen-bond acceptors (Lipinski definition) is 7. The van der Waals surface area contributed by atoms with Crippen molar-refractivity contribution < 1.29 is 33.3 Å². The number of hydrogen-bond donors (Lipinski definition) is 0. The standard InChI is InChI=1S/C22H32O7/c1-13-15-7-6-14-10-22(19(24)27-4,20(25)28-5)11-16(23)18(14)21(15,2)9-8-17(13)29-12-26-3/h6-7,13-15,17-18H,8-12H2,1-5H3/t13-,14?,15-,17-,18+,21-/m1/s1. The van der Waals surface area contributed by atoms with Gasteiger partial charge >= 0.3 is 11.9 Å². The Morgan fingerprint density at radius 2 is 1.79 bits per heavy atom. The van der Waals surface area contributed by atoms with Crippen molar-refractivity contribution in [2.24, 2.45) is 34.5 Å². The molecule has 7 nitrogen and oxygen atoms in total. The van der Waals surface area contributed by atoms with Gasteiger partial charge in [-0.3, -0.25) is 14.4 Å². The van der Waals surface area contributed by atoms with Crippen molar-refractivity contribution in [1.29, 1.82) is 0 Å². The first-order valence-electron chi connectivity index (χ1n) is 10.2. The lowest BCUT2D eigenvalue weighted by molar-refractivity contribution is -0.181. The predicted octanol–water partition coefficient (Wildman–Crippen LogP) is 2.53. The Bertz CT molecular complexity index is 683. The van der Waals surface area contributed by atoms with E-state index in [0.29, 0.717) is 0 Å². The first kappa shape index (κ1) is 22.0. The van der Waals surface area contributed by atoms with Crippen LogP contribution in [0.3, 0.4) is 0 Å². The molecule has 0 amide bonds. The molecule has 0 bridgehead atoms. The van der Waals surface area contributed by atoms with Gasteiger partial charge in [-0.15, -0.1) is 0 Å². The molecule has 3 aliphatic rings. The molecule has 0 saturated heterocycles. The summed E-state index contributed by atoms with van der Waals surface area (Å²) in [4.78, 5) is 38.5. The number of carbonyl (C=O) groups excluding carboxylic acids is 3. The summed E-state index contributed by atoms with van der Waals surface area (Å²) in [6.45, 7) is 4.59. The molecule has 0 radical (unpaired) electrons.